The van der Waals surface area contributed by atoms with Crippen LogP contribution >= 0.6 is 0 Å². The van der Waals surface area contributed by atoms with Gasteiger partial charge in [-0.1, -0.05) is 13.3 Å². The zero-order valence-corrected chi connectivity index (χ0v) is 10.2. The van der Waals surface area contributed by atoms with Gasteiger partial charge in [0.2, 0.25) is 0 Å². The maximum absolute atomic E-state index is 13.1. The first-order valence-electron chi connectivity index (χ1n) is 6.27. The van der Waals surface area contributed by atoms with Crippen molar-refractivity contribution in [1.29, 1.82) is 0 Å². The molecule has 0 heterocycles. The number of anilines is 1. The van der Waals surface area contributed by atoms with Gasteiger partial charge in [0.05, 0.1) is 0 Å². The van der Waals surface area contributed by atoms with E-state index in [0.29, 0.717) is 11.6 Å². The van der Waals surface area contributed by atoms with Crippen molar-refractivity contribution in [3.8, 4) is 0 Å². The van der Waals surface area contributed by atoms with Gasteiger partial charge in [-0.2, -0.15) is 0 Å². The quantitative estimate of drug-likeness (QED) is 0.704. The molecule has 0 N–H and O–H groups in total. The number of nitrogens with zero attached hydrogens (tertiary/aromatic N) is 1. The molecule has 0 amide bonds. The molecule has 1 saturated carbocycles. The summed E-state index contributed by atoms with van der Waals surface area (Å²) in [6.07, 6.45) is 5.34. The summed E-state index contributed by atoms with van der Waals surface area (Å²) in [6.45, 7) is 3.10. The first kappa shape index (κ1) is 12.1. The minimum atomic E-state index is -0.345. The monoisotopic (exact) mass is 235 g/mol. The Labute approximate surface area is 101 Å². The first-order chi connectivity index (χ1) is 8.26. The zero-order valence-electron chi connectivity index (χ0n) is 10.2. The van der Waals surface area contributed by atoms with Gasteiger partial charge in [0.25, 0.3) is 0 Å². The predicted octanol–water partition coefficient (Wildman–Crippen LogP) is 3.41. The van der Waals surface area contributed by atoms with Gasteiger partial charge in [0.1, 0.15) is 5.82 Å². The number of hydrogen-bond acceptors (Lipinski definition) is 2. The molecule has 0 atom stereocenters. The largest absolute Gasteiger partial charge is 0.368 e. The lowest BCUT2D eigenvalue weighted by Crippen LogP contribution is -2.27. The minimum Gasteiger partial charge on any atom is -0.368 e. The molecular weight excluding hydrogens is 217 g/mol. The fraction of sp³-hybridized carbons (Fsp3) is 0.500. The molecule has 0 radical (unpaired) electrons. The topological polar surface area (TPSA) is 20.3 Å². The Morgan fingerprint density at radius 3 is 2.82 bits per heavy atom. The van der Waals surface area contributed by atoms with Crippen LogP contribution < -0.4 is 4.90 Å². The van der Waals surface area contributed by atoms with Crippen LogP contribution in [-0.4, -0.2) is 18.9 Å². The summed E-state index contributed by atoms with van der Waals surface area (Å²) in [7, 11) is 0. The van der Waals surface area contributed by atoms with Gasteiger partial charge in [-0.15, -0.1) is 0 Å². The molecule has 0 spiro atoms. The number of unbranched alkanes of at least 4 members (excludes halogenated alkanes) is 1. The van der Waals surface area contributed by atoms with Gasteiger partial charge in [-0.3, -0.25) is 4.79 Å². The SMILES string of the molecule is CCCCN(c1ccc(F)cc1C=O)C1CC1. The fourth-order valence-corrected chi connectivity index (χ4v) is 2.10. The van der Waals surface area contributed by atoms with E-state index in [2.05, 4.69) is 11.8 Å². The second kappa shape index (κ2) is 5.30. The Balaban J connectivity index is 2.24. The van der Waals surface area contributed by atoms with E-state index in [1.807, 2.05) is 0 Å². The minimum absolute atomic E-state index is 0.345. The van der Waals surface area contributed by atoms with Gasteiger partial charge < -0.3 is 4.90 Å². The molecular formula is C14H18FNO. The van der Waals surface area contributed by atoms with Crippen LogP contribution in [0.4, 0.5) is 10.1 Å². The molecule has 0 bridgehead atoms. The van der Waals surface area contributed by atoms with Crippen LogP contribution in [0, 0.1) is 5.82 Å². The van der Waals surface area contributed by atoms with E-state index in [9.17, 15) is 9.18 Å². The van der Waals surface area contributed by atoms with Crippen molar-refractivity contribution in [3.05, 3.63) is 29.6 Å². The van der Waals surface area contributed by atoms with Crippen molar-refractivity contribution in [3.63, 3.8) is 0 Å². The highest BCUT2D eigenvalue weighted by atomic mass is 19.1. The van der Waals surface area contributed by atoms with Crippen LogP contribution in [0.5, 0.6) is 0 Å². The second-order valence-electron chi connectivity index (χ2n) is 4.60. The van der Waals surface area contributed by atoms with Crippen molar-refractivity contribution in [1.82, 2.24) is 0 Å². The molecule has 2 rings (SSSR count). The molecule has 0 aromatic heterocycles. The van der Waals surface area contributed by atoms with Crippen molar-refractivity contribution in [2.75, 3.05) is 11.4 Å². The van der Waals surface area contributed by atoms with E-state index in [4.69, 9.17) is 0 Å². The van der Waals surface area contributed by atoms with Crippen LogP contribution in [0.1, 0.15) is 43.0 Å². The van der Waals surface area contributed by atoms with Crippen molar-refractivity contribution >= 4 is 12.0 Å². The normalized spacial score (nSPS) is 14.7. The Morgan fingerprint density at radius 1 is 1.47 bits per heavy atom. The fourth-order valence-electron chi connectivity index (χ4n) is 2.10. The summed E-state index contributed by atoms with van der Waals surface area (Å²) in [5.41, 5.74) is 1.35. The second-order valence-corrected chi connectivity index (χ2v) is 4.60. The van der Waals surface area contributed by atoms with Gasteiger partial charge in [0, 0.05) is 23.8 Å². The standard InChI is InChI=1S/C14H18FNO/c1-2-3-8-16(13-5-6-13)14-7-4-12(15)9-11(14)10-17/h4,7,9-10,13H,2-3,5-6,8H2,1H3. The summed E-state index contributed by atoms with van der Waals surface area (Å²) < 4.78 is 13.1. The van der Waals surface area contributed by atoms with Gasteiger partial charge >= 0.3 is 0 Å². The molecule has 17 heavy (non-hydrogen) atoms. The van der Waals surface area contributed by atoms with E-state index in [-0.39, 0.29) is 5.82 Å². The number of halogens is 1. The van der Waals surface area contributed by atoms with Gasteiger partial charge in [-0.05, 0) is 37.5 Å². The summed E-state index contributed by atoms with van der Waals surface area (Å²) >= 11 is 0. The maximum Gasteiger partial charge on any atom is 0.152 e. The van der Waals surface area contributed by atoms with Crippen molar-refractivity contribution in [2.24, 2.45) is 0 Å². The van der Waals surface area contributed by atoms with E-state index in [1.54, 1.807) is 6.07 Å². The maximum atomic E-state index is 13.1. The Kier molecular flexibility index (Phi) is 3.77. The molecule has 1 aromatic rings. The van der Waals surface area contributed by atoms with Crippen molar-refractivity contribution < 1.29 is 9.18 Å². The molecule has 1 aliphatic rings. The molecule has 2 nitrogen and oxygen atoms in total. The highest BCUT2D eigenvalue weighted by molar-refractivity contribution is 5.84. The number of rotatable bonds is 6. The number of benzene rings is 1. The number of carbonyl (C=O) groups excluding carboxylic acids is 1. The smallest absolute Gasteiger partial charge is 0.152 e. The molecule has 3 heteroatoms. The van der Waals surface area contributed by atoms with E-state index >= 15 is 0 Å². The molecule has 1 fully saturated rings. The van der Waals surface area contributed by atoms with Gasteiger partial charge in [0.15, 0.2) is 6.29 Å². The Bertz CT molecular complexity index is 401. The Hall–Kier alpha value is -1.38. The van der Waals surface area contributed by atoms with Crippen LogP contribution in [0.25, 0.3) is 0 Å². The van der Waals surface area contributed by atoms with Crippen LogP contribution in [0.2, 0.25) is 0 Å². The zero-order chi connectivity index (χ0) is 12.3. The third-order valence-corrected chi connectivity index (χ3v) is 3.17. The Morgan fingerprint density at radius 2 is 2.24 bits per heavy atom. The summed E-state index contributed by atoms with van der Waals surface area (Å²) in [4.78, 5) is 13.3. The summed E-state index contributed by atoms with van der Waals surface area (Å²) in [6, 6.07) is 5.03. The first-order valence-corrected chi connectivity index (χ1v) is 6.27. The third kappa shape index (κ3) is 2.84. The predicted molar refractivity (Wildman–Crippen MR) is 67.1 cm³/mol. The molecule has 0 saturated heterocycles. The lowest BCUT2D eigenvalue weighted by molar-refractivity contribution is 0.112. The number of aldehydes is 1. The molecule has 0 unspecified atom stereocenters. The van der Waals surface area contributed by atoms with E-state index < -0.39 is 0 Å². The molecule has 0 aliphatic heterocycles. The highest BCUT2D eigenvalue weighted by Crippen LogP contribution is 2.33. The van der Waals surface area contributed by atoms with Crippen LogP contribution in [0.3, 0.4) is 0 Å². The average Bonchev–Trinajstić information content (AvgIpc) is 3.15. The lowest BCUT2D eigenvalue weighted by atomic mass is 10.1. The molecule has 92 valence electrons. The molecule has 1 aliphatic carbocycles. The number of hydrogen-bond donors (Lipinski definition) is 0. The van der Waals surface area contributed by atoms with Gasteiger partial charge in [-0.25, -0.2) is 4.39 Å². The average molecular weight is 235 g/mol. The van der Waals surface area contributed by atoms with E-state index in [0.717, 1.165) is 31.4 Å². The van der Waals surface area contributed by atoms with Crippen LogP contribution in [-0.2, 0) is 0 Å². The molecule has 1 aromatic carbocycles. The van der Waals surface area contributed by atoms with Crippen molar-refractivity contribution in [2.45, 2.75) is 38.6 Å². The highest BCUT2D eigenvalue weighted by Gasteiger charge is 2.29. The third-order valence-electron chi connectivity index (χ3n) is 3.17. The summed E-state index contributed by atoms with van der Waals surface area (Å²) in [5.74, 6) is -0.345. The summed E-state index contributed by atoms with van der Waals surface area (Å²) in [5, 5.41) is 0. The lowest BCUT2D eigenvalue weighted by Gasteiger charge is -2.25. The van der Waals surface area contributed by atoms with E-state index in [1.165, 1.54) is 25.0 Å². The van der Waals surface area contributed by atoms with Crippen LogP contribution in [0.15, 0.2) is 18.2 Å². The number of carbonyl (C=O) groups is 1.